The van der Waals surface area contributed by atoms with E-state index in [1.54, 1.807) is 11.3 Å². The van der Waals surface area contributed by atoms with Gasteiger partial charge in [0.2, 0.25) is 5.95 Å². The van der Waals surface area contributed by atoms with E-state index >= 15 is 0 Å². The van der Waals surface area contributed by atoms with Gasteiger partial charge >= 0.3 is 0 Å². The Morgan fingerprint density at radius 2 is 1.86 bits per heavy atom. The third-order valence-corrected chi connectivity index (χ3v) is 5.04. The van der Waals surface area contributed by atoms with Crippen molar-refractivity contribution in [3.8, 4) is 0 Å². The van der Waals surface area contributed by atoms with Crippen molar-refractivity contribution in [3.63, 3.8) is 0 Å². The fourth-order valence-corrected chi connectivity index (χ4v) is 4.89. The van der Waals surface area contributed by atoms with Crippen LogP contribution in [0.15, 0.2) is 11.4 Å². The number of fused-ring (bicyclic) bond motifs is 1. The number of nitrogens with two attached hydrogens (primary N) is 1. The minimum Gasteiger partial charge on any atom is -0.368 e. The van der Waals surface area contributed by atoms with Crippen LogP contribution in [0.25, 0.3) is 10.2 Å². The monoisotopic (exact) mass is 304 g/mol. The van der Waals surface area contributed by atoms with Gasteiger partial charge in [0, 0.05) is 6.04 Å². The van der Waals surface area contributed by atoms with E-state index in [2.05, 4.69) is 49.0 Å². The summed E-state index contributed by atoms with van der Waals surface area (Å²) in [5.74, 6) is 1.24. The molecule has 0 aliphatic heterocycles. The average Bonchev–Trinajstić information content (AvgIpc) is 2.71. The molecule has 2 aromatic heterocycles. The Bertz CT molecular complexity index is 643. The zero-order valence-electron chi connectivity index (χ0n) is 13.2. The van der Waals surface area contributed by atoms with Gasteiger partial charge in [-0.05, 0) is 41.5 Å². The van der Waals surface area contributed by atoms with Gasteiger partial charge in [0.25, 0.3) is 0 Å². The fraction of sp³-hybridized carbons (Fsp3) is 0.625. The van der Waals surface area contributed by atoms with E-state index in [9.17, 15) is 0 Å². The molecule has 0 saturated heterocycles. The lowest BCUT2D eigenvalue weighted by molar-refractivity contribution is 0.105. The highest BCUT2D eigenvalue weighted by molar-refractivity contribution is 7.16. The molecular weight excluding hydrogens is 280 g/mol. The molecule has 0 spiro atoms. The van der Waals surface area contributed by atoms with Gasteiger partial charge in [0.15, 0.2) is 0 Å². The summed E-state index contributed by atoms with van der Waals surface area (Å²) in [6.07, 6.45) is 3.58. The molecule has 21 heavy (non-hydrogen) atoms. The number of thiophene rings is 1. The van der Waals surface area contributed by atoms with Crippen LogP contribution >= 0.6 is 11.3 Å². The lowest BCUT2D eigenvalue weighted by Gasteiger charge is -2.45. The topological polar surface area (TPSA) is 63.8 Å². The number of anilines is 2. The van der Waals surface area contributed by atoms with Gasteiger partial charge in [0.05, 0.1) is 5.39 Å². The Balaban J connectivity index is 1.89. The molecule has 1 aliphatic rings. The third-order valence-electron chi connectivity index (χ3n) is 4.24. The molecule has 4 nitrogen and oxygen atoms in total. The van der Waals surface area contributed by atoms with Crippen LogP contribution in [0.5, 0.6) is 0 Å². The third kappa shape index (κ3) is 3.12. The molecule has 2 aromatic rings. The first kappa shape index (κ1) is 14.6. The van der Waals surface area contributed by atoms with Crippen molar-refractivity contribution in [1.29, 1.82) is 0 Å². The first-order valence-corrected chi connectivity index (χ1v) is 8.39. The zero-order valence-corrected chi connectivity index (χ0v) is 14.0. The van der Waals surface area contributed by atoms with Crippen LogP contribution in [0.3, 0.4) is 0 Å². The molecule has 2 heterocycles. The fourth-order valence-electron chi connectivity index (χ4n) is 4.12. The van der Waals surface area contributed by atoms with Crippen molar-refractivity contribution in [1.82, 2.24) is 9.97 Å². The minimum absolute atomic E-state index is 0.349. The average molecular weight is 304 g/mol. The van der Waals surface area contributed by atoms with E-state index in [-0.39, 0.29) is 0 Å². The second-order valence-corrected chi connectivity index (χ2v) is 8.72. The molecule has 1 saturated carbocycles. The molecule has 0 atom stereocenters. The molecular formula is C16H24N4S. The van der Waals surface area contributed by atoms with Crippen molar-refractivity contribution in [2.45, 2.75) is 53.0 Å². The second kappa shape index (κ2) is 4.83. The maximum atomic E-state index is 5.84. The summed E-state index contributed by atoms with van der Waals surface area (Å²) < 4.78 is 0. The van der Waals surface area contributed by atoms with E-state index in [1.165, 1.54) is 6.42 Å². The van der Waals surface area contributed by atoms with Crippen LogP contribution in [-0.2, 0) is 0 Å². The van der Waals surface area contributed by atoms with Crippen molar-refractivity contribution < 1.29 is 0 Å². The molecule has 0 amide bonds. The molecule has 3 rings (SSSR count). The smallest absolute Gasteiger partial charge is 0.223 e. The van der Waals surface area contributed by atoms with Crippen molar-refractivity contribution >= 4 is 33.3 Å². The van der Waals surface area contributed by atoms with Gasteiger partial charge in [0.1, 0.15) is 10.6 Å². The molecule has 0 radical (unpaired) electrons. The van der Waals surface area contributed by atoms with Gasteiger partial charge in [-0.1, -0.05) is 27.7 Å². The number of nitrogens with one attached hydrogen (secondary N) is 1. The summed E-state index contributed by atoms with van der Waals surface area (Å²) in [5.41, 5.74) is 6.55. The van der Waals surface area contributed by atoms with Crippen LogP contribution in [0.1, 0.15) is 47.0 Å². The second-order valence-electron chi connectivity index (χ2n) is 7.82. The Morgan fingerprint density at radius 3 is 2.52 bits per heavy atom. The normalized spacial score (nSPS) is 21.5. The van der Waals surface area contributed by atoms with Gasteiger partial charge in [-0.15, -0.1) is 11.3 Å². The van der Waals surface area contributed by atoms with Gasteiger partial charge in [-0.25, -0.2) is 4.98 Å². The van der Waals surface area contributed by atoms with Gasteiger partial charge in [-0.2, -0.15) is 4.98 Å². The van der Waals surface area contributed by atoms with Crippen LogP contribution < -0.4 is 11.1 Å². The van der Waals surface area contributed by atoms with Crippen LogP contribution in [0.2, 0.25) is 0 Å². The molecule has 114 valence electrons. The van der Waals surface area contributed by atoms with Crippen molar-refractivity contribution in [2.75, 3.05) is 11.1 Å². The summed E-state index contributed by atoms with van der Waals surface area (Å²) in [6, 6.07) is 2.50. The molecule has 1 aliphatic carbocycles. The predicted molar refractivity (Wildman–Crippen MR) is 90.7 cm³/mol. The van der Waals surface area contributed by atoms with E-state index in [0.29, 0.717) is 22.8 Å². The van der Waals surface area contributed by atoms with Crippen LogP contribution in [0.4, 0.5) is 11.8 Å². The molecule has 3 N–H and O–H groups in total. The largest absolute Gasteiger partial charge is 0.368 e. The standard InChI is InChI=1S/C16H24N4S/c1-15(2)7-10(8-16(3,4)9-15)18-12-11-5-6-21-13(11)20-14(17)19-12/h5-6,10H,7-9H2,1-4H3,(H3,17,18,19,20). The molecule has 0 unspecified atom stereocenters. The number of rotatable bonds is 2. The Hall–Kier alpha value is -1.36. The highest BCUT2D eigenvalue weighted by Gasteiger charge is 2.38. The van der Waals surface area contributed by atoms with Crippen molar-refractivity contribution in [3.05, 3.63) is 11.4 Å². The first-order chi connectivity index (χ1) is 9.74. The van der Waals surface area contributed by atoms with E-state index in [1.807, 2.05) is 5.38 Å². The number of hydrogen-bond acceptors (Lipinski definition) is 5. The summed E-state index contributed by atoms with van der Waals surface area (Å²) in [7, 11) is 0. The molecule has 0 bridgehead atoms. The number of aromatic nitrogens is 2. The summed E-state index contributed by atoms with van der Waals surface area (Å²) in [4.78, 5) is 9.67. The van der Waals surface area contributed by atoms with Gasteiger partial charge in [-0.3, -0.25) is 0 Å². The Kier molecular flexibility index (Phi) is 3.35. The molecule has 1 fully saturated rings. The first-order valence-electron chi connectivity index (χ1n) is 7.51. The van der Waals surface area contributed by atoms with Crippen molar-refractivity contribution in [2.24, 2.45) is 10.8 Å². The quantitative estimate of drug-likeness (QED) is 0.868. The minimum atomic E-state index is 0.349. The van der Waals surface area contributed by atoms with E-state index in [4.69, 9.17) is 5.73 Å². The van der Waals surface area contributed by atoms with Gasteiger partial charge < -0.3 is 11.1 Å². The van der Waals surface area contributed by atoms with E-state index in [0.717, 1.165) is 28.9 Å². The number of nitrogens with zero attached hydrogens (tertiary/aromatic N) is 2. The number of hydrogen-bond donors (Lipinski definition) is 2. The summed E-state index contributed by atoms with van der Waals surface area (Å²) in [5, 5.41) is 6.76. The molecule has 5 heteroatoms. The highest BCUT2D eigenvalue weighted by Crippen LogP contribution is 2.46. The Labute approximate surface area is 130 Å². The van der Waals surface area contributed by atoms with E-state index < -0.39 is 0 Å². The lowest BCUT2D eigenvalue weighted by atomic mass is 9.63. The number of nitrogen functional groups attached to an aromatic ring is 1. The maximum absolute atomic E-state index is 5.84. The summed E-state index contributed by atoms with van der Waals surface area (Å²) in [6.45, 7) is 9.43. The zero-order chi connectivity index (χ0) is 15.3. The lowest BCUT2D eigenvalue weighted by Crippen LogP contribution is -2.40. The highest BCUT2D eigenvalue weighted by atomic mass is 32.1. The SMILES string of the molecule is CC1(C)CC(Nc2nc(N)nc3sccc23)CC(C)(C)C1. The summed E-state index contributed by atoms with van der Waals surface area (Å²) >= 11 is 1.61. The van der Waals surface area contributed by atoms with Crippen LogP contribution in [-0.4, -0.2) is 16.0 Å². The van der Waals surface area contributed by atoms with Crippen LogP contribution in [0, 0.1) is 10.8 Å². The maximum Gasteiger partial charge on any atom is 0.223 e. The Morgan fingerprint density at radius 1 is 1.19 bits per heavy atom. The molecule has 0 aromatic carbocycles. The predicted octanol–water partition coefficient (Wildman–Crippen LogP) is 4.29.